The van der Waals surface area contributed by atoms with Crippen LogP contribution in [0.2, 0.25) is 0 Å². The fraction of sp³-hybridized carbons (Fsp3) is 0. The highest BCUT2D eigenvalue weighted by Crippen LogP contribution is 2.50. The highest BCUT2D eigenvalue weighted by molar-refractivity contribution is 6.34. The summed E-state index contributed by atoms with van der Waals surface area (Å²) in [7, 11) is 0. The molecule has 1 aliphatic heterocycles. The molecule has 0 N–H and O–H groups in total. The number of hydrogen-bond donors (Lipinski definition) is 0. The van der Waals surface area contributed by atoms with E-state index in [9.17, 15) is 0 Å². The lowest BCUT2D eigenvalue weighted by Gasteiger charge is -2.24. The van der Waals surface area contributed by atoms with E-state index in [-0.39, 0.29) is 0 Å². The Bertz CT molecular complexity index is 2490. The normalized spacial score (nSPS) is 12.5. The second kappa shape index (κ2) is 7.96. The Kier molecular flexibility index (Phi) is 4.18. The average Bonchev–Trinajstić information content (AvgIpc) is 3.45. The molecule has 0 aliphatic carbocycles. The first-order valence-corrected chi connectivity index (χ1v) is 14.3. The number of benzene rings is 8. The second-order valence-corrected chi connectivity index (χ2v) is 11.1. The quantitative estimate of drug-likeness (QED) is 0.163. The topological polar surface area (TPSA) is 27.1 Å². The number of aromatic nitrogens is 2. The zero-order valence-electron chi connectivity index (χ0n) is 22.5. The molecule has 8 aromatic carbocycles. The van der Waals surface area contributed by atoms with E-state index in [0.29, 0.717) is 0 Å². The van der Waals surface area contributed by atoms with Crippen molar-refractivity contribution in [3.8, 4) is 39.7 Å². The van der Waals surface area contributed by atoms with Gasteiger partial charge in [-0.15, -0.1) is 0 Å². The molecule has 42 heavy (non-hydrogen) atoms. The molecule has 0 radical (unpaired) electrons. The van der Waals surface area contributed by atoms with Crippen molar-refractivity contribution in [3.05, 3.63) is 133 Å². The van der Waals surface area contributed by atoms with Gasteiger partial charge in [-0.3, -0.25) is 4.57 Å². The number of nitrogens with zero attached hydrogens (tertiary/aromatic N) is 2. The number of imidazole rings is 1. The summed E-state index contributed by atoms with van der Waals surface area (Å²) in [6, 6.07) is 47.6. The first-order chi connectivity index (χ1) is 20.8. The zero-order chi connectivity index (χ0) is 27.4. The lowest BCUT2D eigenvalue weighted by Crippen LogP contribution is -2.07. The van der Waals surface area contributed by atoms with Crippen LogP contribution in [-0.2, 0) is 0 Å². The third-order valence-electron chi connectivity index (χ3n) is 8.93. The number of rotatable bonds is 2. The first kappa shape index (κ1) is 22.1. The predicted molar refractivity (Wildman–Crippen MR) is 173 cm³/mol. The molecule has 0 saturated heterocycles. The summed E-state index contributed by atoms with van der Waals surface area (Å²) in [5.74, 6) is 2.60. The van der Waals surface area contributed by atoms with Gasteiger partial charge in [0.15, 0.2) is 11.5 Å². The fourth-order valence-corrected chi connectivity index (χ4v) is 7.20. The van der Waals surface area contributed by atoms with Crippen molar-refractivity contribution in [3.63, 3.8) is 0 Å². The first-order valence-electron chi connectivity index (χ1n) is 14.3. The Morgan fingerprint density at radius 2 is 1.19 bits per heavy atom. The Morgan fingerprint density at radius 3 is 2.02 bits per heavy atom. The maximum Gasteiger partial charge on any atom is 0.159 e. The molecular weight excluding hydrogens is 512 g/mol. The minimum absolute atomic E-state index is 0.825. The van der Waals surface area contributed by atoms with E-state index in [4.69, 9.17) is 9.72 Å². The van der Waals surface area contributed by atoms with Gasteiger partial charge in [-0.05, 0) is 66.9 Å². The molecule has 0 spiro atoms. The third-order valence-corrected chi connectivity index (χ3v) is 8.93. The highest BCUT2D eigenvalue weighted by atomic mass is 16.5. The maximum absolute atomic E-state index is 6.78. The SMILES string of the molecule is c1ccc(-c2nc3cccc4c3n2-c2cccc(-c3ccc5c6cccc7cccc(c8cccc3c85)c76)c2O4)cc1. The number of fused-ring (bicyclic) bond motifs is 4. The van der Waals surface area contributed by atoms with Crippen molar-refractivity contribution < 1.29 is 4.74 Å². The highest BCUT2D eigenvalue weighted by Gasteiger charge is 2.28. The van der Waals surface area contributed by atoms with Crippen molar-refractivity contribution in [1.29, 1.82) is 0 Å². The van der Waals surface area contributed by atoms with Crippen LogP contribution in [0.25, 0.3) is 82.3 Å². The standard InChI is InChI=1S/C39H22N2O/c1-2-9-24(10-3-1)39-40-32-18-8-20-34-37(32)41(39)33-19-7-17-31(38(33)42-34)25-21-22-30-28-14-5-12-23-11-4-13-27(35(23)28)29-16-6-15-26(25)36(29)30/h1-22H. The molecule has 194 valence electrons. The smallest absolute Gasteiger partial charge is 0.159 e. The zero-order valence-corrected chi connectivity index (χ0v) is 22.5. The van der Waals surface area contributed by atoms with Crippen LogP contribution >= 0.6 is 0 Å². The van der Waals surface area contributed by atoms with Gasteiger partial charge in [0, 0.05) is 11.1 Å². The Morgan fingerprint density at radius 1 is 0.500 bits per heavy atom. The molecule has 0 fully saturated rings. The summed E-state index contributed by atoms with van der Waals surface area (Å²) < 4.78 is 9.04. The van der Waals surface area contributed by atoms with Crippen molar-refractivity contribution in [2.75, 3.05) is 0 Å². The molecule has 3 nitrogen and oxygen atoms in total. The van der Waals surface area contributed by atoms with Crippen molar-refractivity contribution in [2.45, 2.75) is 0 Å². The summed E-state index contributed by atoms with van der Waals surface area (Å²) in [6.45, 7) is 0. The van der Waals surface area contributed by atoms with Gasteiger partial charge < -0.3 is 4.74 Å². The molecule has 1 aromatic heterocycles. The number of para-hydroxylation sites is 2. The van der Waals surface area contributed by atoms with E-state index in [1.165, 1.54) is 43.1 Å². The van der Waals surface area contributed by atoms with E-state index in [1.54, 1.807) is 0 Å². The molecule has 0 saturated carbocycles. The van der Waals surface area contributed by atoms with Crippen molar-refractivity contribution in [1.82, 2.24) is 9.55 Å². The van der Waals surface area contributed by atoms with Crippen LogP contribution in [0.3, 0.4) is 0 Å². The van der Waals surface area contributed by atoms with E-state index in [2.05, 4.69) is 120 Å². The van der Waals surface area contributed by atoms with Crippen LogP contribution in [-0.4, -0.2) is 9.55 Å². The Balaban J connectivity index is 1.30. The van der Waals surface area contributed by atoms with Gasteiger partial charge in [0.25, 0.3) is 0 Å². The van der Waals surface area contributed by atoms with Crippen molar-refractivity contribution >= 4 is 54.1 Å². The molecule has 3 heteroatoms. The lowest BCUT2D eigenvalue weighted by molar-refractivity contribution is 0.477. The van der Waals surface area contributed by atoms with Gasteiger partial charge in [0.2, 0.25) is 0 Å². The molecule has 2 heterocycles. The van der Waals surface area contributed by atoms with Gasteiger partial charge in [-0.2, -0.15) is 0 Å². The van der Waals surface area contributed by atoms with Gasteiger partial charge in [-0.25, -0.2) is 4.98 Å². The minimum atomic E-state index is 0.825. The molecule has 1 aliphatic rings. The van der Waals surface area contributed by atoms with Crippen LogP contribution in [0.5, 0.6) is 11.5 Å². The monoisotopic (exact) mass is 534 g/mol. The molecule has 9 aromatic rings. The summed E-state index contributed by atoms with van der Waals surface area (Å²) >= 11 is 0. The van der Waals surface area contributed by atoms with Crippen LogP contribution in [0.4, 0.5) is 0 Å². The molecular formula is C39H22N2O. The average molecular weight is 535 g/mol. The predicted octanol–water partition coefficient (Wildman–Crippen LogP) is 10.5. The Hall–Kier alpha value is -5.67. The third kappa shape index (κ3) is 2.77. The van der Waals surface area contributed by atoms with Crippen LogP contribution < -0.4 is 4.74 Å². The van der Waals surface area contributed by atoms with E-state index >= 15 is 0 Å². The molecule has 0 bridgehead atoms. The summed E-state index contributed by atoms with van der Waals surface area (Å²) in [5, 5.41) is 10.3. The van der Waals surface area contributed by atoms with Crippen LogP contribution in [0.15, 0.2) is 133 Å². The van der Waals surface area contributed by atoms with Crippen LogP contribution in [0.1, 0.15) is 0 Å². The summed E-state index contributed by atoms with van der Waals surface area (Å²) in [4.78, 5) is 5.07. The van der Waals surface area contributed by atoms with Crippen molar-refractivity contribution in [2.24, 2.45) is 0 Å². The number of hydrogen-bond acceptors (Lipinski definition) is 2. The molecule has 0 atom stereocenters. The summed E-state index contributed by atoms with van der Waals surface area (Å²) in [6.07, 6.45) is 0. The van der Waals surface area contributed by atoms with Gasteiger partial charge in [0.05, 0.1) is 11.2 Å². The van der Waals surface area contributed by atoms with Gasteiger partial charge >= 0.3 is 0 Å². The molecule has 10 rings (SSSR count). The molecule has 0 unspecified atom stereocenters. The number of ether oxygens (including phenoxy) is 1. The lowest BCUT2D eigenvalue weighted by atomic mass is 9.87. The van der Waals surface area contributed by atoms with E-state index in [0.717, 1.165) is 50.7 Å². The maximum atomic E-state index is 6.78. The van der Waals surface area contributed by atoms with E-state index in [1.807, 2.05) is 18.2 Å². The molecule has 0 amide bonds. The van der Waals surface area contributed by atoms with E-state index < -0.39 is 0 Å². The summed E-state index contributed by atoms with van der Waals surface area (Å²) in [5.41, 5.74) is 6.24. The largest absolute Gasteiger partial charge is 0.452 e. The second-order valence-electron chi connectivity index (χ2n) is 11.1. The fourth-order valence-electron chi connectivity index (χ4n) is 7.20. The minimum Gasteiger partial charge on any atom is -0.452 e. The Labute approximate surface area is 241 Å². The van der Waals surface area contributed by atoms with Gasteiger partial charge in [-0.1, -0.05) is 115 Å². The van der Waals surface area contributed by atoms with Crippen LogP contribution in [0, 0.1) is 0 Å². The van der Waals surface area contributed by atoms with Gasteiger partial charge in [0.1, 0.15) is 11.3 Å².